The van der Waals surface area contributed by atoms with Crippen LogP contribution in [0.2, 0.25) is 0 Å². The minimum absolute atomic E-state index is 0.394. The number of nitrogens with one attached hydrogen (secondary N) is 1. The molecule has 2 nitrogen and oxygen atoms in total. The molecular weight excluding hydrogens is 228 g/mol. The maximum atomic E-state index is 3.50. The zero-order valence-corrected chi connectivity index (χ0v) is 12.4. The number of rotatable bonds is 7. The molecule has 3 heteroatoms. The second-order valence-electron chi connectivity index (χ2n) is 5.93. The first-order valence-electron chi connectivity index (χ1n) is 6.38. The van der Waals surface area contributed by atoms with Gasteiger partial charge in [0.15, 0.2) is 0 Å². The summed E-state index contributed by atoms with van der Waals surface area (Å²) in [7, 11) is 2.20. The smallest absolute Gasteiger partial charge is 0.0104 e. The van der Waals surface area contributed by atoms with E-state index in [9.17, 15) is 0 Å². The predicted octanol–water partition coefficient (Wildman–Crippen LogP) is 2.86. The predicted molar refractivity (Wildman–Crippen MR) is 77.8 cm³/mol. The normalized spacial score (nSPS) is 12.3. The van der Waals surface area contributed by atoms with Crippen LogP contribution < -0.4 is 5.32 Å². The van der Waals surface area contributed by atoms with Crippen molar-refractivity contribution in [3.8, 4) is 0 Å². The summed E-state index contributed by atoms with van der Waals surface area (Å²) < 4.78 is 0. The van der Waals surface area contributed by atoms with E-state index in [4.69, 9.17) is 0 Å². The van der Waals surface area contributed by atoms with Gasteiger partial charge in [0.05, 0.1) is 0 Å². The highest BCUT2D eigenvalue weighted by Gasteiger charge is 2.12. The van der Waals surface area contributed by atoms with Crippen LogP contribution in [0.3, 0.4) is 0 Å². The lowest BCUT2D eigenvalue weighted by Gasteiger charge is -2.26. The molecule has 1 aromatic heterocycles. The maximum absolute atomic E-state index is 3.50. The SMILES string of the molecule is CN(CCNCCc1ccsc1)CC(C)(C)C. The standard InChI is InChI=1S/C14H26N2S/c1-14(2,3)12-16(4)9-8-15-7-5-13-6-10-17-11-13/h6,10-11,15H,5,7-9,12H2,1-4H3. The van der Waals surface area contributed by atoms with E-state index in [1.165, 1.54) is 5.56 Å². The average molecular weight is 254 g/mol. The summed E-state index contributed by atoms with van der Waals surface area (Å²) >= 11 is 1.78. The molecule has 0 aromatic carbocycles. The van der Waals surface area contributed by atoms with Gasteiger partial charge in [0.25, 0.3) is 0 Å². The summed E-state index contributed by atoms with van der Waals surface area (Å²) in [5, 5.41) is 7.88. The number of nitrogens with zero attached hydrogens (tertiary/aromatic N) is 1. The molecule has 0 aliphatic heterocycles. The largest absolute Gasteiger partial charge is 0.315 e. The highest BCUT2D eigenvalue weighted by molar-refractivity contribution is 7.07. The third kappa shape index (κ3) is 7.53. The molecule has 0 aliphatic rings. The summed E-state index contributed by atoms with van der Waals surface area (Å²) in [4.78, 5) is 2.40. The fourth-order valence-corrected chi connectivity index (χ4v) is 2.65. The van der Waals surface area contributed by atoms with Crippen molar-refractivity contribution in [2.24, 2.45) is 5.41 Å². The van der Waals surface area contributed by atoms with Crippen LogP contribution in [0.4, 0.5) is 0 Å². The van der Waals surface area contributed by atoms with E-state index in [1.54, 1.807) is 11.3 Å². The second kappa shape index (κ2) is 7.14. The lowest BCUT2D eigenvalue weighted by atomic mass is 9.96. The molecule has 0 atom stereocenters. The van der Waals surface area contributed by atoms with Gasteiger partial charge in [0.1, 0.15) is 0 Å². The Morgan fingerprint density at radius 1 is 1.29 bits per heavy atom. The molecule has 0 saturated heterocycles. The number of likely N-dealkylation sites (N-methyl/N-ethyl adjacent to an activating group) is 1. The molecule has 1 heterocycles. The van der Waals surface area contributed by atoms with Gasteiger partial charge in [0, 0.05) is 19.6 Å². The van der Waals surface area contributed by atoms with Gasteiger partial charge in [-0.3, -0.25) is 0 Å². The third-order valence-corrected chi connectivity index (χ3v) is 3.32. The van der Waals surface area contributed by atoms with Gasteiger partial charge >= 0.3 is 0 Å². The molecule has 1 aromatic rings. The van der Waals surface area contributed by atoms with Crippen molar-refractivity contribution in [3.05, 3.63) is 22.4 Å². The highest BCUT2D eigenvalue weighted by atomic mass is 32.1. The van der Waals surface area contributed by atoms with Crippen molar-refractivity contribution < 1.29 is 0 Å². The molecule has 0 bridgehead atoms. The first kappa shape index (κ1) is 14.7. The molecule has 0 aliphatic carbocycles. The quantitative estimate of drug-likeness (QED) is 0.753. The van der Waals surface area contributed by atoms with Gasteiger partial charge in [-0.05, 0) is 47.8 Å². The summed E-state index contributed by atoms with van der Waals surface area (Å²) in [6.45, 7) is 11.3. The monoisotopic (exact) mass is 254 g/mol. The van der Waals surface area contributed by atoms with E-state index in [0.29, 0.717) is 5.41 Å². The first-order valence-corrected chi connectivity index (χ1v) is 7.32. The molecule has 0 radical (unpaired) electrons. The number of thiophene rings is 1. The highest BCUT2D eigenvalue weighted by Crippen LogP contribution is 2.13. The van der Waals surface area contributed by atoms with Crippen molar-refractivity contribution in [2.45, 2.75) is 27.2 Å². The lowest BCUT2D eigenvalue weighted by molar-refractivity contribution is 0.227. The molecule has 1 rings (SSSR count). The van der Waals surface area contributed by atoms with Gasteiger partial charge in [-0.2, -0.15) is 11.3 Å². The van der Waals surface area contributed by atoms with Crippen molar-refractivity contribution in [3.63, 3.8) is 0 Å². The Kier molecular flexibility index (Phi) is 6.17. The van der Waals surface area contributed by atoms with Crippen LogP contribution in [0.25, 0.3) is 0 Å². The van der Waals surface area contributed by atoms with E-state index < -0.39 is 0 Å². The van der Waals surface area contributed by atoms with Crippen LogP contribution >= 0.6 is 11.3 Å². The van der Waals surface area contributed by atoms with Crippen molar-refractivity contribution >= 4 is 11.3 Å². The van der Waals surface area contributed by atoms with E-state index in [2.05, 4.69) is 54.9 Å². The van der Waals surface area contributed by atoms with Crippen LogP contribution in [0.1, 0.15) is 26.3 Å². The molecule has 17 heavy (non-hydrogen) atoms. The molecule has 0 amide bonds. The second-order valence-corrected chi connectivity index (χ2v) is 6.71. The van der Waals surface area contributed by atoms with E-state index in [0.717, 1.165) is 32.6 Å². The number of hydrogen-bond donors (Lipinski definition) is 1. The van der Waals surface area contributed by atoms with Crippen LogP contribution in [-0.4, -0.2) is 38.1 Å². The first-order chi connectivity index (χ1) is 7.97. The van der Waals surface area contributed by atoms with Gasteiger partial charge in [-0.15, -0.1) is 0 Å². The average Bonchev–Trinajstić information content (AvgIpc) is 2.67. The fraction of sp³-hybridized carbons (Fsp3) is 0.714. The van der Waals surface area contributed by atoms with E-state index >= 15 is 0 Å². The van der Waals surface area contributed by atoms with Crippen molar-refractivity contribution in [1.29, 1.82) is 0 Å². The summed E-state index contributed by atoms with van der Waals surface area (Å²) in [5.41, 5.74) is 1.84. The molecule has 0 spiro atoms. The minimum atomic E-state index is 0.394. The summed E-state index contributed by atoms with van der Waals surface area (Å²) in [6.07, 6.45) is 1.15. The van der Waals surface area contributed by atoms with Crippen LogP contribution in [0.5, 0.6) is 0 Å². The van der Waals surface area contributed by atoms with Gasteiger partial charge in [-0.25, -0.2) is 0 Å². The van der Waals surface area contributed by atoms with Gasteiger partial charge in [-0.1, -0.05) is 20.8 Å². The van der Waals surface area contributed by atoms with E-state index in [1.807, 2.05) is 0 Å². The zero-order chi connectivity index (χ0) is 12.7. The molecule has 0 fully saturated rings. The fourth-order valence-electron chi connectivity index (χ4n) is 1.95. The maximum Gasteiger partial charge on any atom is 0.0104 e. The molecule has 98 valence electrons. The van der Waals surface area contributed by atoms with Crippen LogP contribution in [-0.2, 0) is 6.42 Å². The Balaban J connectivity index is 2.00. The minimum Gasteiger partial charge on any atom is -0.315 e. The van der Waals surface area contributed by atoms with Gasteiger partial charge < -0.3 is 10.2 Å². The lowest BCUT2D eigenvalue weighted by Crippen LogP contribution is -2.35. The molecule has 0 unspecified atom stereocenters. The van der Waals surface area contributed by atoms with Crippen LogP contribution in [0.15, 0.2) is 16.8 Å². The Bertz CT molecular complexity index is 288. The van der Waals surface area contributed by atoms with Crippen molar-refractivity contribution in [2.75, 3.05) is 33.2 Å². The van der Waals surface area contributed by atoms with Crippen molar-refractivity contribution in [1.82, 2.24) is 10.2 Å². The Labute approximate surface area is 110 Å². The molecule has 0 saturated carbocycles. The molecule has 1 N–H and O–H groups in total. The molecular formula is C14H26N2S. The Morgan fingerprint density at radius 3 is 2.65 bits per heavy atom. The third-order valence-electron chi connectivity index (χ3n) is 2.59. The zero-order valence-electron chi connectivity index (χ0n) is 11.6. The summed E-state index contributed by atoms with van der Waals surface area (Å²) in [5.74, 6) is 0. The number of hydrogen-bond acceptors (Lipinski definition) is 3. The van der Waals surface area contributed by atoms with Crippen LogP contribution in [0, 0.1) is 5.41 Å². The topological polar surface area (TPSA) is 15.3 Å². The summed E-state index contributed by atoms with van der Waals surface area (Å²) in [6, 6.07) is 2.21. The Hall–Kier alpha value is -0.380. The van der Waals surface area contributed by atoms with Gasteiger partial charge in [0.2, 0.25) is 0 Å². The Morgan fingerprint density at radius 2 is 2.06 bits per heavy atom. The van der Waals surface area contributed by atoms with E-state index in [-0.39, 0.29) is 0 Å².